The van der Waals surface area contributed by atoms with Crippen LogP contribution < -0.4 is 5.32 Å². The van der Waals surface area contributed by atoms with Crippen molar-refractivity contribution >= 4 is 34.5 Å². The van der Waals surface area contributed by atoms with Crippen molar-refractivity contribution in [2.24, 2.45) is 0 Å². The van der Waals surface area contributed by atoms with Gasteiger partial charge >= 0.3 is 0 Å². The fraction of sp³-hybridized carbons (Fsp3) is 0.286. The van der Waals surface area contributed by atoms with Gasteiger partial charge in [0.15, 0.2) is 0 Å². The van der Waals surface area contributed by atoms with E-state index in [1.165, 1.54) is 16.5 Å². The van der Waals surface area contributed by atoms with Crippen LogP contribution in [0.2, 0.25) is 9.36 Å². The first-order valence-corrected chi connectivity index (χ1v) is 7.66. The maximum Gasteiger partial charge on any atom is 0.141 e. The van der Waals surface area contributed by atoms with E-state index < -0.39 is 0 Å². The molecule has 0 bridgehead atoms. The molecular formula is C14H12Cl2FNS. The summed E-state index contributed by atoms with van der Waals surface area (Å²) in [6.07, 6.45) is 2.17. The number of nitrogens with one attached hydrogen (secondary N) is 1. The zero-order valence-electron chi connectivity index (χ0n) is 10.1. The topological polar surface area (TPSA) is 12.0 Å². The SMILES string of the molecule is Fc1ccc(CNC2CCc3sc(Cl)cc32)cc1Cl. The number of halogens is 3. The molecule has 1 unspecified atom stereocenters. The van der Waals surface area contributed by atoms with Gasteiger partial charge < -0.3 is 5.32 Å². The fourth-order valence-electron chi connectivity index (χ4n) is 2.43. The highest BCUT2D eigenvalue weighted by Crippen LogP contribution is 2.39. The van der Waals surface area contributed by atoms with Gasteiger partial charge in [-0.05, 0) is 42.2 Å². The Kier molecular flexibility index (Phi) is 3.81. The Morgan fingerprint density at radius 1 is 1.32 bits per heavy atom. The molecule has 3 rings (SSSR count). The summed E-state index contributed by atoms with van der Waals surface area (Å²) in [5.74, 6) is -0.377. The third-order valence-corrected chi connectivity index (χ3v) is 5.01. The van der Waals surface area contributed by atoms with E-state index in [1.54, 1.807) is 23.5 Å². The smallest absolute Gasteiger partial charge is 0.141 e. The number of thiophene rings is 1. The van der Waals surface area contributed by atoms with Crippen LogP contribution in [0.25, 0.3) is 0 Å². The molecule has 19 heavy (non-hydrogen) atoms. The third-order valence-electron chi connectivity index (χ3n) is 3.38. The van der Waals surface area contributed by atoms with Gasteiger partial charge in [0.05, 0.1) is 9.36 Å². The van der Waals surface area contributed by atoms with E-state index in [0.717, 1.165) is 22.7 Å². The molecule has 1 aliphatic rings. The lowest BCUT2D eigenvalue weighted by molar-refractivity contribution is 0.529. The fourth-order valence-corrected chi connectivity index (χ4v) is 3.99. The summed E-state index contributed by atoms with van der Waals surface area (Å²) in [6, 6.07) is 7.21. The normalized spacial score (nSPS) is 17.7. The standard InChI is InChI=1S/C14H12Cl2FNS/c15-10-5-8(1-2-11(10)17)7-18-12-3-4-13-9(12)6-14(16)19-13/h1-2,5-6,12,18H,3-4,7H2. The molecule has 5 heteroatoms. The Morgan fingerprint density at radius 2 is 2.16 bits per heavy atom. The lowest BCUT2D eigenvalue weighted by Gasteiger charge is -2.13. The van der Waals surface area contributed by atoms with Gasteiger partial charge in [0.2, 0.25) is 0 Å². The van der Waals surface area contributed by atoms with Gasteiger partial charge in [0, 0.05) is 17.5 Å². The second kappa shape index (κ2) is 5.41. The molecule has 100 valence electrons. The summed E-state index contributed by atoms with van der Waals surface area (Å²) >= 11 is 13.5. The van der Waals surface area contributed by atoms with Crippen LogP contribution >= 0.6 is 34.5 Å². The van der Waals surface area contributed by atoms with Crippen LogP contribution in [0.15, 0.2) is 24.3 Å². The zero-order valence-corrected chi connectivity index (χ0v) is 12.4. The summed E-state index contributed by atoms with van der Waals surface area (Å²) in [5, 5.41) is 3.65. The molecule has 0 amide bonds. The van der Waals surface area contributed by atoms with Crippen LogP contribution in [0.4, 0.5) is 4.39 Å². The molecule has 2 aromatic rings. The van der Waals surface area contributed by atoms with Gasteiger partial charge in [-0.25, -0.2) is 4.39 Å². The third kappa shape index (κ3) is 2.79. The van der Waals surface area contributed by atoms with E-state index in [-0.39, 0.29) is 10.8 Å². The van der Waals surface area contributed by atoms with Crippen molar-refractivity contribution < 1.29 is 4.39 Å². The highest BCUT2D eigenvalue weighted by Gasteiger charge is 2.24. The monoisotopic (exact) mass is 315 g/mol. The minimum atomic E-state index is -0.377. The van der Waals surface area contributed by atoms with Gasteiger partial charge in [-0.15, -0.1) is 11.3 Å². The van der Waals surface area contributed by atoms with E-state index in [9.17, 15) is 4.39 Å². The largest absolute Gasteiger partial charge is 0.306 e. The van der Waals surface area contributed by atoms with Gasteiger partial charge in [-0.3, -0.25) is 0 Å². The molecule has 1 aromatic carbocycles. The zero-order chi connectivity index (χ0) is 13.4. The van der Waals surface area contributed by atoms with Crippen LogP contribution in [0.3, 0.4) is 0 Å². The average molecular weight is 316 g/mol. The predicted octanol–water partition coefficient (Wildman–Crippen LogP) is 4.97. The number of aryl methyl sites for hydroxylation is 1. The van der Waals surface area contributed by atoms with Crippen LogP contribution in [-0.4, -0.2) is 0 Å². The van der Waals surface area contributed by atoms with E-state index in [0.29, 0.717) is 12.6 Å². The summed E-state index contributed by atoms with van der Waals surface area (Å²) in [4.78, 5) is 1.37. The molecule has 1 N–H and O–H groups in total. The van der Waals surface area contributed by atoms with Crippen LogP contribution in [0.1, 0.15) is 28.5 Å². The summed E-state index contributed by atoms with van der Waals surface area (Å²) in [7, 11) is 0. The van der Waals surface area contributed by atoms with Crippen LogP contribution in [0, 0.1) is 5.82 Å². The Labute approximate surface area is 125 Å². The Morgan fingerprint density at radius 3 is 2.95 bits per heavy atom. The second-order valence-electron chi connectivity index (χ2n) is 4.65. The Bertz CT molecular complexity index is 611. The van der Waals surface area contributed by atoms with Crippen molar-refractivity contribution in [3.05, 3.63) is 55.4 Å². The molecule has 0 saturated carbocycles. The van der Waals surface area contributed by atoms with E-state index in [1.807, 2.05) is 6.07 Å². The van der Waals surface area contributed by atoms with Gasteiger partial charge in [0.25, 0.3) is 0 Å². The molecule has 0 radical (unpaired) electrons. The maximum atomic E-state index is 13.1. The number of rotatable bonds is 3. The molecule has 1 atom stereocenters. The first-order valence-electron chi connectivity index (χ1n) is 6.09. The summed E-state index contributed by atoms with van der Waals surface area (Å²) in [6.45, 7) is 0.678. The van der Waals surface area contributed by atoms with Crippen LogP contribution in [0.5, 0.6) is 0 Å². The Balaban J connectivity index is 1.68. The van der Waals surface area contributed by atoms with Crippen molar-refractivity contribution in [3.8, 4) is 0 Å². The molecule has 0 fully saturated rings. The van der Waals surface area contributed by atoms with Crippen molar-refractivity contribution in [1.82, 2.24) is 5.32 Å². The van der Waals surface area contributed by atoms with Gasteiger partial charge in [-0.2, -0.15) is 0 Å². The summed E-state index contributed by atoms with van der Waals surface area (Å²) < 4.78 is 13.9. The molecule has 1 aliphatic carbocycles. The number of hydrogen-bond donors (Lipinski definition) is 1. The van der Waals surface area contributed by atoms with Gasteiger partial charge in [0.1, 0.15) is 5.82 Å². The number of fused-ring (bicyclic) bond motifs is 1. The second-order valence-corrected chi connectivity index (χ2v) is 6.82. The lowest BCUT2D eigenvalue weighted by Crippen LogP contribution is -2.18. The van der Waals surface area contributed by atoms with Crippen molar-refractivity contribution in [3.63, 3.8) is 0 Å². The maximum absolute atomic E-state index is 13.1. The van der Waals surface area contributed by atoms with E-state index in [2.05, 4.69) is 5.32 Å². The predicted molar refractivity (Wildman–Crippen MR) is 78.6 cm³/mol. The van der Waals surface area contributed by atoms with Gasteiger partial charge in [-0.1, -0.05) is 29.3 Å². The number of hydrogen-bond acceptors (Lipinski definition) is 2. The molecule has 0 spiro atoms. The lowest BCUT2D eigenvalue weighted by atomic mass is 10.1. The molecule has 1 heterocycles. The quantitative estimate of drug-likeness (QED) is 0.843. The van der Waals surface area contributed by atoms with Crippen LogP contribution in [-0.2, 0) is 13.0 Å². The first-order chi connectivity index (χ1) is 9.13. The first kappa shape index (κ1) is 13.4. The molecular weight excluding hydrogens is 304 g/mol. The van der Waals surface area contributed by atoms with Crippen molar-refractivity contribution in [2.75, 3.05) is 0 Å². The highest BCUT2D eigenvalue weighted by molar-refractivity contribution is 7.16. The van der Waals surface area contributed by atoms with E-state index in [4.69, 9.17) is 23.2 Å². The summed E-state index contributed by atoms with van der Waals surface area (Å²) in [5.41, 5.74) is 2.30. The minimum Gasteiger partial charge on any atom is -0.306 e. The molecule has 0 saturated heterocycles. The van der Waals surface area contributed by atoms with E-state index >= 15 is 0 Å². The highest BCUT2D eigenvalue weighted by atomic mass is 35.5. The Hall–Kier alpha value is -0.610. The molecule has 1 nitrogen and oxygen atoms in total. The average Bonchev–Trinajstić information content (AvgIpc) is 2.90. The van der Waals surface area contributed by atoms with Crippen molar-refractivity contribution in [1.29, 1.82) is 0 Å². The molecule has 1 aromatic heterocycles. The molecule has 0 aliphatic heterocycles. The number of benzene rings is 1. The van der Waals surface area contributed by atoms with Crippen molar-refractivity contribution in [2.45, 2.75) is 25.4 Å². The minimum absolute atomic E-state index is 0.171.